The number of anilines is 1. The predicted molar refractivity (Wildman–Crippen MR) is 72.5 cm³/mol. The molecule has 1 fully saturated rings. The van der Waals surface area contributed by atoms with Gasteiger partial charge in [0.15, 0.2) is 0 Å². The van der Waals surface area contributed by atoms with E-state index in [1.807, 2.05) is 17.0 Å². The summed E-state index contributed by atoms with van der Waals surface area (Å²) in [4.78, 5) is 14.3. The molecule has 3 rings (SSSR count). The smallest absolute Gasteiger partial charge is 0.256 e. The largest absolute Gasteiger partial charge is 0.398 e. The molecule has 0 atom stereocenters. The highest BCUT2D eigenvalue weighted by molar-refractivity contribution is 6.02. The summed E-state index contributed by atoms with van der Waals surface area (Å²) in [7, 11) is 0. The Morgan fingerprint density at radius 3 is 2.83 bits per heavy atom. The zero-order chi connectivity index (χ0) is 12.8. The Kier molecular flexibility index (Phi) is 2.44. The highest BCUT2D eigenvalue weighted by Gasteiger charge is 2.47. The highest BCUT2D eigenvalue weighted by atomic mass is 16.2. The third-order valence-electron chi connectivity index (χ3n) is 4.32. The number of hydrogen-bond donors (Lipinski definition) is 1. The lowest BCUT2D eigenvalue weighted by atomic mass is 9.61. The van der Waals surface area contributed by atoms with Crippen molar-refractivity contribution < 1.29 is 4.79 Å². The summed E-state index contributed by atoms with van der Waals surface area (Å²) in [5.74, 6) is 0.0560. The van der Waals surface area contributed by atoms with Crippen LogP contribution in [0, 0.1) is 0 Å². The number of carbonyl (C=O) groups is 1. The number of benzene rings is 1. The molecule has 1 aromatic carbocycles. The number of nitrogen functional groups attached to an aromatic ring is 1. The molecule has 2 N–H and O–H groups in total. The Labute approximate surface area is 107 Å². The Morgan fingerprint density at radius 2 is 2.22 bits per heavy atom. The molecule has 3 heteroatoms. The summed E-state index contributed by atoms with van der Waals surface area (Å²) < 4.78 is 0. The van der Waals surface area contributed by atoms with Gasteiger partial charge in [-0.15, -0.1) is 6.58 Å². The van der Waals surface area contributed by atoms with Crippen LogP contribution < -0.4 is 5.73 Å². The number of amides is 1. The number of carbonyl (C=O) groups excluding carboxylic acids is 1. The molecular formula is C15H18N2O. The lowest BCUT2D eigenvalue weighted by molar-refractivity contribution is 0.0619. The number of fused-ring (bicyclic) bond motifs is 2. The zero-order valence-corrected chi connectivity index (χ0v) is 10.5. The molecule has 2 aliphatic rings. The van der Waals surface area contributed by atoms with Crippen LogP contribution in [0.2, 0.25) is 0 Å². The lowest BCUT2D eigenvalue weighted by Crippen LogP contribution is -2.53. The van der Waals surface area contributed by atoms with E-state index in [0.717, 1.165) is 24.9 Å². The molecule has 0 bridgehead atoms. The third kappa shape index (κ3) is 1.40. The topological polar surface area (TPSA) is 46.3 Å². The van der Waals surface area contributed by atoms with Crippen LogP contribution in [-0.4, -0.2) is 23.9 Å². The van der Waals surface area contributed by atoms with Crippen LogP contribution in [-0.2, 0) is 5.41 Å². The maximum Gasteiger partial charge on any atom is 0.256 e. The van der Waals surface area contributed by atoms with Gasteiger partial charge in [0.1, 0.15) is 0 Å². The summed E-state index contributed by atoms with van der Waals surface area (Å²) >= 11 is 0. The summed E-state index contributed by atoms with van der Waals surface area (Å²) in [5, 5.41) is 0. The van der Waals surface area contributed by atoms with Crippen LogP contribution in [0.15, 0.2) is 30.9 Å². The van der Waals surface area contributed by atoms with Gasteiger partial charge in [-0.1, -0.05) is 24.6 Å². The maximum absolute atomic E-state index is 12.5. The fraction of sp³-hybridized carbons (Fsp3) is 0.400. The van der Waals surface area contributed by atoms with Crippen LogP contribution in [0.5, 0.6) is 0 Å². The van der Waals surface area contributed by atoms with Crippen molar-refractivity contribution in [3.8, 4) is 0 Å². The van der Waals surface area contributed by atoms with E-state index in [9.17, 15) is 4.79 Å². The van der Waals surface area contributed by atoms with Gasteiger partial charge in [-0.2, -0.15) is 0 Å². The minimum Gasteiger partial charge on any atom is -0.398 e. The molecule has 18 heavy (non-hydrogen) atoms. The van der Waals surface area contributed by atoms with E-state index < -0.39 is 0 Å². The second-order valence-corrected chi connectivity index (χ2v) is 5.38. The van der Waals surface area contributed by atoms with Gasteiger partial charge in [0.25, 0.3) is 5.91 Å². The molecule has 1 spiro atoms. The van der Waals surface area contributed by atoms with Gasteiger partial charge in [0.2, 0.25) is 0 Å². The monoisotopic (exact) mass is 242 g/mol. The molecule has 0 radical (unpaired) electrons. The van der Waals surface area contributed by atoms with Gasteiger partial charge in [-0.25, -0.2) is 0 Å². The Bertz CT molecular complexity index is 517. The van der Waals surface area contributed by atoms with Crippen molar-refractivity contribution in [2.24, 2.45) is 0 Å². The molecule has 0 saturated heterocycles. The normalized spacial score (nSPS) is 20.4. The van der Waals surface area contributed by atoms with Crippen LogP contribution in [0.25, 0.3) is 0 Å². The first-order valence-electron chi connectivity index (χ1n) is 6.47. The van der Waals surface area contributed by atoms with Crippen LogP contribution in [0.1, 0.15) is 35.2 Å². The van der Waals surface area contributed by atoms with Crippen molar-refractivity contribution in [1.29, 1.82) is 0 Å². The first-order valence-corrected chi connectivity index (χ1v) is 6.47. The van der Waals surface area contributed by atoms with Crippen molar-refractivity contribution in [3.05, 3.63) is 42.0 Å². The number of nitrogens with two attached hydrogens (primary N) is 1. The maximum atomic E-state index is 12.5. The van der Waals surface area contributed by atoms with Crippen molar-refractivity contribution in [2.75, 3.05) is 18.8 Å². The Balaban J connectivity index is 2.13. The van der Waals surface area contributed by atoms with Crippen LogP contribution in [0.3, 0.4) is 0 Å². The SMILES string of the molecule is C=CCN1CC2(CCC2)c2cccc(N)c2C1=O. The van der Waals surface area contributed by atoms with Crippen molar-refractivity contribution >= 4 is 11.6 Å². The van der Waals surface area contributed by atoms with Crippen molar-refractivity contribution in [1.82, 2.24) is 4.90 Å². The summed E-state index contributed by atoms with van der Waals surface area (Å²) in [6, 6.07) is 5.86. The molecule has 1 heterocycles. The molecule has 94 valence electrons. The van der Waals surface area contributed by atoms with E-state index in [1.165, 1.54) is 12.0 Å². The van der Waals surface area contributed by atoms with E-state index in [-0.39, 0.29) is 11.3 Å². The molecule has 3 nitrogen and oxygen atoms in total. The minimum absolute atomic E-state index is 0.0560. The van der Waals surface area contributed by atoms with Crippen LogP contribution in [0.4, 0.5) is 5.69 Å². The summed E-state index contributed by atoms with van der Waals surface area (Å²) in [6.45, 7) is 5.15. The third-order valence-corrected chi connectivity index (χ3v) is 4.32. The summed E-state index contributed by atoms with van der Waals surface area (Å²) in [6.07, 6.45) is 5.34. The first kappa shape index (κ1) is 11.3. The molecule has 1 saturated carbocycles. The highest BCUT2D eigenvalue weighted by Crippen LogP contribution is 2.49. The number of hydrogen-bond acceptors (Lipinski definition) is 2. The average molecular weight is 242 g/mol. The van der Waals surface area contributed by atoms with Gasteiger partial charge in [0, 0.05) is 24.2 Å². The van der Waals surface area contributed by atoms with Crippen molar-refractivity contribution in [2.45, 2.75) is 24.7 Å². The predicted octanol–water partition coefficient (Wildman–Crippen LogP) is 2.33. The van der Waals surface area contributed by atoms with Gasteiger partial charge < -0.3 is 10.6 Å². The second-order valence-electron chi connectivity index (χ2n) is 5.38. The van der Waals surface area contributed by atoms with E-state index >= 15 is 0 Å². The van der Waals surface area contributed by atoms with Gasteiger partial charge >= 0.3 is 0 Å². The van der Waals surface area contributed by atoms with Gasteiger partial charge in [-0.3, -0.25) is 4.79 Å². The van der Waals surface area contributed by atoms with E-state index in [1.54, 1.807) is 6.08 Å². The quantitative estimate of drug-likeness (QED) is 0.639. The molecule has 1 aromatic rings. The van der Waals surface area contributed by atoms with Gasteiger partial charge in [-0.05, 0) is 24.5 Å². The number of nitrogens with zero attached hydrogens (tertiary/aromatic N) is 1. The minimum atomic E-state index is 0.0560. The fourth-order valence-corrected chi connectivity index (χ4v) is 3.27. The van der Waals surface area contributed by atoms with E-state index in [0.29, 0.717) is 12.2 Å². The summed E-state index contributed by atoms with van der Waals surface area (Å²) in [5.41, 5.74) is 8.67. The standard InChI is InChI=1S/C15H18N2O/c1-2-9-17-10-15(7-4-8-15)11-5-3-6-12(16)13(11)14(17)18/h2-3,5-6H,1,4,7-10,16H2. The first-order chi connectivity index (χ1) is 8.68. The lowest BCUT2D eigenvalue weighted by Gasteiger charge is -2.49. The molecule has 0 unspecified atom stereocenters. The molecule has 1 aliphatic heterocycles. The fourth-order valence-electron chi connectivity index (χ4n) is 3.27. The van der Waals surface area contributed by atoms with Gasteiger partial charge in [0.05, 0.1) is 5.56 Å². The number of rotatable bonds is 2. The van der Waals surface area contributed by atoms with Crippen molar-refractivity contribution in [3.63, 3.8) is 0 Å². The second kappa shape index (κ2) is 3.87. The molecule has 1 amide bonds. The average Bonchev–Trinajstić information content (AvgIpc) is 2.31. The van der Waals surface area contributed by atoms with E-state index in [2.05, 4.69) is 12.6 Å². The molecule has 0 aromatic heterocycles. The Morgan fingerprint density at radius 1 is 1.44 bits per heavy atom. The van der Waals surface area contributed by atoms with E-state index in [4.69, 9.17) is 5.73 Å². The Hall–Kier alpha value is -1.77. The van der Waals surface area contributed by atoms with Crippen LogP contribution >= 0.6 is 0 Å². The molecule has 1 aliphatic carbocycles. The molecular weight excluding hydrogens is 224 g/mol. The zero-order valence-electron chi connectivity index (χ0n) is 10.5.